The summed E-state index contributed by atoms with van der Waals surface area (Å²) in [4.78, 5) is 17.8. The molecule has 0 aromatic rings. The fraction of sp³-hybridized carbons (Fsp3) is 0.500. The van der Waals surface area contributed by atoms with E-state index in [1.807, 2.05) is 0 Å². The van der Waals surface area contributed by atoms with Crippen LogP contribution in [-0.4, -0.2) is 33.8 Å². The van der Waals surface area contributed by atoms with Gasteiger partial charge in [-0.05, 0) is 13.8 Å². The van der Waals surface area contributed by atoms with Crippen LogP contribution in [0.15, 0.2) is 0 Å². The molecule has 0 rings (SSSR count). The van der Waals surface area contributed by atoms with Crippen molar-refractivity contribution in [1.29, 1.82) is 0 Å². The van der Waals surface area contributed by atoms with Gasteiger partial charge >= 0.3 is 0 Å². The van der Waals surface area contributed by atoms with E-state index in [1.54, 1.807) is 0 Å². The third kappa shape index (κ3) is 1910. The fourth-order valence-corrected chi connectivity index (χ4v) is 0. The minimum absolute atomic E-state index is 0. The summed E-state index contributed by atoms with van der Waals surface area (Å²) in [7, 11) is 0. The van der Waals surface area contributed by atoms with Crippen LogP contribution in [0.4, 0.5) is 0 Å². The number of hydrogen-bond donors (Lipinski definition) is 0. The van der Waals surface area contributed by atoms with Gasteiger partial charge in [-0.2, -0.15) is 0 Å². The van der Waals surface area contributed by atoms with E-state index in [9.17, 15) is 0 Å². The van der Waals surface area contributed by atoms with Crippen LogP contribution in [-0.2, 0) is 26.4 Å². The molecule has 9 heteroatoms. The summed E-state index contributed by atoms with van der Waals surface area (Å²) in [5.74, 6) is -2.17. The van der Waals surface area contributed by atoms with E-state index in [2.05, 4.69) is 0 Å². The molecule has 0 amide bonds. The Balaban J connectivity index is -0.00000000800. The van der Waals surface area contributed by atoms with Gasteiger partial charge in [0.2, 0.25) is 0 Å². The van der Waals surface area contributed by atoms with Gasteiger partial charge in [0.05, 0.1) is 0 Å². The molecule has 0 saturated carbocycles. The Labute approximate surface area is 85.0 Å². The van der Waals surface area contributed by atoms with Gasteiger partial charge in [-0.25, -0.2) is 0 Å². The first-order valence-electron chi connectivity index (χ1n) is 1.82. The van der Waals surface area contributed by atoms with E-state index < -0.39 is 11.9 Å². The normalized spacial score (nSPS) is 3.85. The number of carbonyl (C=O) groups excluding carboxylic acids is 2. The molecule has 0 unspecified atom stereocenters. The molecule has 0 heterocycles. The molecule has 0 aliphatic carbocycles. The van der Waals surface area contributed by atoms with Gasteiger partial charge in [-0.1, -0.05) is 0 Å². The van der Waals surface area contributed by atoms with Crippen molar-refractivity contribution < 1.29 is 58.5 Å². The molecular weight excluding hydrogens is 235 g/mol. The van der Waals surface area contributed by atoms with Gasteiger partial charge in [0.15, 0.2) is 0 Å². The van der Waals surface area contributed by atoms with E-state index in [0.29, 0.717) is 0 Å². The first-order valence-corrected chi connectivity index (χ1v) is 1.82. The average molecular weight is 249 g/mol. The Morgan fingerprint density at radius 2 is 0.769 bits per heavy atom. The molecule has 0 aliphatic heterocycles. The zero-order chi connectivity index (χ0) is 7.15. The summed E-state index contributed by atoms with van der Waals surface area (Å²) in [6.45, 7) is 1.94. The number of carboxylic acid groups (broad SMARTS) is 2. The van der Waals surface area contributed by atoms with Gasteiger partial charge in [0, 0.05) is 28.7 Å². The Hall–Kier alpha value is -0.714. The van der Waals surface area contributed by atoms with E-state index in [0.717, 1.165) is 13.8 Å². The van der Waals surface area contributed by atoms with Gasteiger partial charge < -0.3 is 41.7 Å². The van der Waals surface area contributed by atoms with Crippen LogP contribution >= 0.6 is 0 Å². The molecule has 8 N–H and O–H groups in total. The predicted molar refractivity (Wildman–Crippen MR) is 35.8 cm³/mol. The van der Waals surface area contributed by atoms with Crippen molar-refractivity contribution in [3.8, 4) is 0 Å². The average Bonchev–Trinajstić information content (AvgIpc) is 1.25. The van der Waals surface area contributed by atoms with Crippen LogP contribution in [0, 0.1) is 0 Å². The zero-order valence-electron chi connectivity index (χ0n) is 6.97. The van der Waals surface area contributed by atoms with Gasteiger partial charge in [-0.15, -0.1) is 0 Å². The van der Waals surface area contributed by atoms with Crippen LogP contribution in [0.2, 0.25) is 0 Å². The molecule has 1 radical (unpaired) electrons. The second-order valence-corrected chi connectivity index (χ2v) is 0.983. The molecular formula is C4H14CoO8-2. The molecule has 8 nitrogen and oxygen atoms in total. The van der Waals surface area contributed by atoms with Crippen LogP contribution in [0.3, 0.4) is 0 Å². The summed E-state index contributed by atoms with van der Waals surface area (Å²) in [6.07, 6.45) is 0. The van der Waals surface area contributed by atoms with Crippen molar-refractivity contribution in [2.45, 2.75) is 13.8 Å². The minimum Gasteiger partial charge on any atom is -0.550 e. The largest absolute Gasteiger partial charge is 0.550 e. The molecule has 0 aliphatic rings. The molecule has 0 atom stereocenters. The number of hydrogen-bond acceptors (Lipinski definition) is 4. The summed E-state index contributed by atoms with van der Waals surface area (Å²) >= 11 is 0. The number of carboxylic acids is 2. The Morgan fingerprint density at radius 3 is 0.769 bits per heavy atom. The van der Waals surface area contributed by atoms with Crippen LogP contribution in [0.25, 0.3) is 0 Å². The molecule has 0 fully saturated rings. The van der Waals surface area contributed by atoms with Gasteiger partial charge in [0.25, 0.3) is 0 Å². The molecule has 0 bridgehead atoms. The van der Waals surface area contributed by atoms with E-state index >= 15 is 0 Å². The van der Waals surface area contributed by atoms with E-state index in [1.165, 1.54) is 0 Å². The molecule has 0 saturated heterocycles. The van der Waals surface area contributed by atoms with Crippen LogP contribution in [0.1, 0.15) is 13.8 Å². The molecule has 0 aromatic carbocycles. The number of carbonyl (C=O) groups is 2. The maximum atomic E-state index is 8.89. The topological polar surface area (TPSA) is 206 Å². The maximum absolute atomic E-state index is 8.89. The van der Waals surface area contributed by atoms with Crippen molar-refractivity contribution in [2.24, 2.45) is 0 Å². The van der Waals surface area contributed by atoms with Crippen molar-refractivity contribution in [2.75, 3.05) is 0 Å². The summed E-state index contributed by atoms with van der Waals surface area (Å²) in [6, 6.07) is 0. The SMILES string of the molecule is CC(=O)[O-].CC(=O)[O-].O.O.O.O.[Co]. The first kappa shape index (κ1) is 56.0. The van der Waals surface area contributed by atoms with Crippen LogP contribution in [0.5, 0.6) is 0 Å². The third-order valence-electron chi connectivity index (χ3n) is 0. The summed E-state index contributed by atoms with van der Waals surface area (Å²) in [5, 5.41) is 17.8. The Morgan fingerprint density at radius 1 is 0.769 bits per heavy atom. The van der Waals surface area contributed by atoms with Crippen molar-refractivity contribution in [3.05, 3.63) is 0 Å². The molecule has 0 aromatic heterocycles. The van der Waals surface area contributed by atoms with E-state index in [-0.39, 0.29) is 38.7 Å². The van der Waals surface area contributed by atoms with Gasteiger partial charge in [0.1, 0.15) is 0 Å². The summed E-state index contributed by atoms with van der Waals surface area (Å²) < 4.78 is 0. The molecule has 89 valence electrons. The van der Waals surface area contributed by atoms with Crippen molar-refractivity contribution in [3.63, 3.8) is 0 Å². The maximum Gasteiger partial charge on any atom is 0.0383 e. The summed E-state index contributed by atoms with van der Waals surface area (Å²) in [5.41, 5.74) is 0. The first-order chi connectivity index (χ1) is 3.46. The predicted octanol–water partition coefficient (Wildman–Crippen LogP) is -5.79. The standard InChI is InChI=1S/2C2H4O2.Co.4H2O/c2*1-2(3)4;;;;;/h2*1H3,(H,3,4);;4*1H2/p-2. The number of aliphatic carboxylic acids is 2. The van der Waals surface area contributed by atoms with Crippen molar-refractivity contribution >= 4 is 11.9 Å². The van der Waals surface area contributed by atoms with Crippen LogP contribution < -0.4 is 10.2 Å². The molecule has 0 spiro atoms. The quantitative estimate of drug-likeness (QED) is 0.410. The second-order valence-electron chi connectivity index (χ2n) is 0.983. The zero-order valence-corrected chi connectivity index (χ0v) is 8.01. The monoisotopic (exact) mass is 249 g/mol. The Bertz CT molecular complexity index is 74.1. The number of rotatable bonds is 0. The third-order valence-corrected chi connectivity index (χ3v) is 0. The fourth-order valence-electron chi connectivity index (χ4n) is 0. The van der Waals surface area contributed by atoms with E-state index in [4.69, 9.17) is 19.8 Å². The molecule has 13 heavy (non-hydrogen) atoms. The smallest absolute Gasteiger partial charge is 0.0383 e. The minimum atomic E-state index is -1.08. The second kappa shape index (κ2) is 42.7. The Kier molecular flexibility index (Phi) is 184. The van der Waals surface area contributed by atoms with Gasteiger partial charge in [-0.3, -0.25) is 0 Å². The van der Waals surface area contributed by atoms with Crippen molar-refractivity contribution in [1.82, 2.24) is 0 Å².